The van der Waals surface area contributed by atoms with E-state index in [1.54, 1.807) is 0 Å². The zero-order valence-electron chi connectivity index (χ0n) is 9.67. The predicted molar refractivity (Wildman–Crippen MR) is 63.5 cm³/mol. The molecule has 0 saturated heterocycles. The Labute approximate surface area is 93.7 Å². The molecule has 0 atom stereocenters. The second-order valence-electron chi connectivity index (χ2n) is 3.81. The summed E-state index contributed by atoms with van der Waals surface area (Å²) in [7, 11) is 0. The summed E-state index contributed by atoms with van der Waals surface area (Å²) in [6.45, 7) is 0.328. The van der Waals surface area contributed by atoms with Crippen LogP contribution in [-0.4, -0.2) is 23.4 Å². The van der Waals surface area contributed by atoms with Crippen LogP contribution in [0.3, 0.4) is 0 Å². The first-order chi connectivity index (χ1) is 7.41. The molecule has 0 bridgehead atoms. The van der Waals surface area contributed by atoms with Crippen LogP contribution < -0.4 is 0 Å². The van der Waals surface area contributed by atoms with Crippen molar-refractivity contribution in [3.8, 4) is 11.8 Å². The van der Waals surface area contributed by atoms with Gasteiger partial charge >= 0.3 is 0 Å². The van der Waals surface area contributed by atoms with Crippen molar-refractivity contribution in [2.45, 2.75) is 57.8 Å². The molecule has 88 valence electrons. The largest absolute Gasteiger partial charge is 0.396 e. The van der Waals surface area contributed by atoms with E-state index in [-0.39, 0.29) is 6.61 Å². The number of rotatable bonds is 9. The van der Waals surface area contributed by atoms with E-state index in [2.05, 4.69) is 11.8 Å². The summed E-state index contributed by atoms with van der Waals surface area (Å²) in [5.41, 5.74) is 0. The zero-order valence-corrected chi connectivity index (χ0v) is 9.67. The van der Waals surface area contributed by atoms with Gasteiger partial charge in [-0.2, -0.15) is 0 Å². The summed E-state index contributed by atoms with van der Waals surface area (Å²) in [6.07, 6.45) is 10.6. The Morgan fingerprint density at radius 2 is 1.13 bits per heavy atom. The SMILES string of the molecule is OCC#CCCCCCCCCCCO. The maximum atomic E-state index is 8.58. The van der Waals surface area contributed by atoms with Crippen molar-refractivity contribution in [3.05, 3.63) is 0 Å². The van der Waals surface area contributed by atoms with Gasteiger partial charge in [0.2, 0.25) is 0 Å². The van der Waals surface area contributed by atoms with Crippen molar-refractivity contribution >= 4 is 0 Å². The summed E-state index contributed by atoms with van der Waals surface area (Å²) in [4.78, 5) is 0. The average molecular weight is 212 g/mol. The molecule has 0 aromatic heterocycles. The highest BCUT2D eigenvalue weighted by Crippen LogP contribution is 2.09. The van der Waals surface area contributed by atoms with Gasteiger partial charge in [-0.15, -0.1) is 5.92 Å². The Kier molecular flexibility index (Phi) is 13.0. The molecule has 2 nitrogen and oxygen atoms in total. The molecule has 0 unspecified atom stereocenters. The molecule has 0 heterocycles. The minimum Gasteiger partial charge on any atom is -0.396 e. The van der Waals surface area contributed by atoms with Crippen LogP contribution in [0.1, 0.15) is 57.8 Å². The summed E-state index contributed by atoms with van der Waals surface area (Å²) >= 11 is 0. The Morgan fingerprint density at radius 1 is 0.600 bits per heavy atom. The Morgan fingerprint density at radius 3 is 1.67 bits per heavy atom. The van der Waals surface area contributed by atoms with E-state index in [4.69, 9.17) is 10.2 Å². The van der Waals surface area contributed by atoms with E-state index < -0.39 is 0 Å². The molecule has 0 radical (unpaired) electrons. The Hall–Kier alpha value is -0.520. The average Bonchev–Trinajstić information content (AvgIpc) is 2.26. The summed E-state index contributed by atoms with van der Waals surface area (Å²) in [5, 5.41) is 17.0. The van der Waals surface area contributed by atoms with Crippen LogP contribution >= 0.6 is 0 Å². The fourth-order valence-electron chi connectivity index (χ4n) is 1.53. The second kappa shape index (κ2) is 13.5. The molecule has 0 aromatic rings. The minimum atomic E-state index is -0.00907. The van der Waals surface area contributed by atoms with Crippen LogP contribution in [0.15, 0.2) is 0 Å². The van der Waals surface area contributed by atoms with Crippen molar-refractivity contribution < 1.29 is 10.2 Å². The lowest BCUT2D eigenvalue weighted by Gasteiger charge is -1.99. The molecule has 0 rings (SSSR count). The van der Waals surface area contributed by atoms with Crippen molar-refractivity contribution in [1.82, 2.24) is 0 Å². The van der Waals surface area contributed by atoms with Crippen LogP contribution in [-0.2, 0) is 0 Å². The smallest absolute Gasteiger partial charge is 0.104 e. The van der Waals surface area contributed by atoms with Gasteiger partial charge in [-0.05, 0) is 12.8 Å². The van der Waals surface area contributed by atoms with Crippen LogP contribution in [0.2, 0.25) is 0 Å². The van der Waals surface area contributed by atoms with Crippen molar-refractivity contribution in [2.75, 3.05) is 13.2 Å². The van der Waals surface area contributed by atoms with E-state index in [1.165, 1.54) is 38.5 Å². The molecule has 15 heavy (non-hydrogen) atoms. The van der Waals surface area contributed by atoms with Gasteiger partial charge in [0.15, 0.2) is 0 Å². The molecule has 0 aromatic carbocycles. The van der Waals surface area contributed by atoms with Gasteiger partial charge in [0, 0.05) is 13.0 Å². The van der Waals surface area contributed by atoms with Crippen LogP contribution in [0.4, 0.5) is 0 Å². The minimum absolute atomic E-state index is 0.00907. The topological polar surface area (TPSA) is 40.5 Å². The Balaban J connectivity index is 2.92. The molecule has 2 heteroatoms. The predicted octanol–water partition coefficient (Wildman–Crippen LogP) is 2.49. The third kappa shape index (κ3) is 13.5. The monoisotopic (exact) mass is 212 g/mol. The molecule has 0 saturated carbocycles. The van der Waals surface area contributed by atoms with E-state index in [1.807, 2.05) is 0 Å². The highest BCUT2D eigenvalue weighted by atomic mass is 16.3. The third-order valence-corrected chi connectivity index (χ3v) is 2.41. The fourth-order valence-corrected chi connectivity index (χ4v) is 1.53. The molecule has 0 aliphatic rings. The first kappa shape index (κ1) is 14.5. The van der Waals surface area contributed by atoms with Gasteiger partial charge in [0.05, 0.1) is 0 Å². The maximum absolute atomic E-state index is 8.58. The normalized spacial score (nSPS) is 9.73. The number of aliphatic hydroxyl groups excluding tert-OH is 2. The lowest BCUT2D eigenvalue weighted by atomic mass is 10.1. The zero-order chi connectivity index (χ0) is 11.2. The standard InChI is InChI=1S/C13H24O2/c14-12-10-8-6-4-2-1-3-5-7-9-11-13-15/h14-15H,1-8,10,12-13H2. The molecular formula is C13H24O2. The van der Waals surface area contributed by atoms with Gasteiger partial charge in [-0.3, -0.25) is 0 Å². The van der Waals surface area contributed by atoms with E-state index >= 15 is 0 Å². The second-order valence-corrected chi connectivity index (χ2v) is 3.81. The molecule has 0 spiro atoms. The Bertz CT molecular complexity index is 167. The fraction of sp³-hybridized carbons (Fsp3) is 0.846. The number of hydrogen-bond acceptors (Lipinski definition) is 2. The van der Waals surface area contributed by atoms with Gasteiger partial charge < -0.3 is 10.2 Å². The number of unbranched alkanes of at least 4 members (excludes halogenated alkanes) is 8. The van der Waals surface area contributed by atoms with Crippen molar-refractivity contribution in [3.63, 3.8) is 0 Å². The van der Waals surface area contributed by atoms with Crippen LogP contribution in [0.25, 0.3) is 0 Å². The highest BCUT2D eigenvalue weighted by molar-refractivity contribution is 4.98. The van der Waals surface area contributed by atoms with Crippen molar-refractivity contribution in [1.29, 1.82) is 0 Å². The molecule has 0 aliphatic carbocycles. The van der Waals surface area contributed by atoms with Crippen molar-refractivity contribution in [2.24, 2.45) is 0 Å². The number of aliphatic hydroxyl groups is 2. The summed E-state index contributed by atoms with van der Waals surface area (Å²) in [6, 6.07) is 0. The summed E-state index contributed by atoms with van der Waals surface area (Å²) < 4.78 is 0. The molecule has 0 fully saturated rings. The van der Waals surface area contributed by atoms with Gasteiger partial charge in [-0.1, -0.05) is 44.4 Å². The van der Waals surface area contributed by atoms with Gasteiger partial charge in [0.25, 0.3) is 0 Å². The highest BCUT2D eigenvalue weighted by Gasteiger charge is 1.91. The summed E-state index contributed by atoms with van der Waals surface area (Å²) in [5.74, 6) is 5.58. The van der Waals surface area contributed by atoms with Crippen LogP contribution in [0, 0.1) is 11.8 Å². The maximum Gasteiger partial charge on any atom is 0.104 e. The first-order valence-electron chi connectivity index (χ1n) is 6.09. The van der Waals surface area contributed by atoms with Gasteiger partial charge in [0.1, 0.15) is 6.61 Å². The first-order valence-corrected chi connectivity index (χ1v) is 6.09. The molecular weight excluding hydrogens is 188 g/mol. The molecule has 2 N–H and O–H groups in total. The van der Waals surface area contributed by atoms with E-state index in [9.17, 15) is 0 Å². The third-order valence-electron chi connectivity index (χ3n) is 2.41. The lowest BCUT2D eigenvalue weighted by Crippen LogP contribution is -1.84. The van der Waals surface area contributed by atoms with E-state index in [0.29, 0.717) is 6.61 Å². The molecule has 0 aliphatic heterocycles. The number of hydrogen-bond donors (Lipinski definition) is 2. The molecule has 0 amide bonds. The lowest BCUT2D eigenvalue weighted by molar-refractivity contribution is 0.282. The van der Waals surface area contributed by atoms with Crippen LogP contribution in [0.5, 0.6) is 0 Å². The van der Waals surface area contributed by atoms with E-state index in [0.717, 1.165) is 19.3 Å². The quantitative estimate of drug-likeness (QED) is 0.455. The van der Waals surface area contributed by atoms with Gasteiger partial charge in [-0.25, -0.2) is 0 Å².